The van der Waals surface area contributed by atoms with E-state index in [-0.39, 0.29) is 23.4 Å². The van der Waals surface area contributed by atoms with E-state index in [0.29, 0.717) is 5.82 Å². The number of hydrogen-bond donors (Lipinski definition) is 1. The van der Waals surface area contributed by atoms with Crippen molar-refractivity contribution >= 4 is 28.5 Å². The van der Waals surface area contributed by atoms with E-state index in [1.807, 2.05) is 57.4 Å². The third-order valence-corrected chi connectivity index (χ3v) is 3.54. The van der Waals surface area contributed by atoms with Gasteiger partial charge in [-0.15, -0.1) is 11.6 Å². The number of carbonyl (C=O) groups excluding carboxylic acids is 1. The van der Waals surface area contributed by atoms with Gasteiger partial charge in [0.05, 0.1) is 16.9 Å². The summed E-state index contributed by atoms with van der Waals surface area (Å²) in [7, 11) is 0. The molecule has 0 aliphatic heterocycles. The molecule has 0 spiro atoms. The Morgan fingerprint density at radius 1 is 1.43 bits per heavy atom. The molecule has 1 unspecified atom stereocenters. The van der Waals surface area contributed by atoms with Crippen LogP contribution in [-0.4, -0.2) is 21.0 Å². The monoisotopic (exact) mass is 307 g/mol. The largest absolute Gasteiger partial charge is 0.350 e. The summed E-state index contributed by atoms with van der Waals surface area (Å²) in [6.07, 6.45) is 0. The Labute approximate surface area is 130 Å². The van der Waals surface area contributed by atoms with Crippen LogP contribution in [0.25, 0.3) is 11.0 Å². The molecule has 0 saturated carbocycles. The van der Waals surface area contributed by atoms with Gasteiger partial charge < -0.3 is 9.88 Å². The molecular formula is C16H22ClN3O. The first-order valence-electron chi connectivity index (χ1n) is 7.08. The van der Waals surface area contributed by atoms with Crippen molar-refractivity contribution in [3.8, 4) is 0 Å². The highest BCUT2D eigenvalue weighted by molar-refractivity contribution is 6.17. The standard InChI is InChI=1S/C16H22ClN3O/c1-10-6-7-12-13(8-10)20(14(9-17)18-12)11(2)15(21)19-16(3,4)5/h6-8,11H,9H2,1-5H3,(H,19,21). The van der Waals surface area contributed by atoms with Crippen molar-refractivity contribution in [1.29, 1.82) is 0 Å². The van der Waals surface area contributed by atoms with Crippen LogP contribution >= 0.6 is 11.6 Å². The lowest BCUT2D eigenvalue weighted by atomic mass is 10.1. The molecule has 4 nitrogen and oxygen atoms in total. The van der Waals surface area contributed by atoms with Crippen LogP contribution in [0.2, 0.25) is 0 Å². The molecule has 0 fully saturated rings. The van der Waals surface area contributed by atoms with E-state index in [9.17, 15) is 4.79 Å². The number of rotatable bonds is 3. The lowest BCUT2D eigenvalue weighted by Crippen LogP contribution is -2.44. The fourth-order valence-corrected chi connectivity index (χ4v) is 2.56. The van der Waals surface area contributed by atoms with Gasteiger partial charge in [-0.2, -0.15) is 0 Å². The third kappa shape index (κ3) is 3.38. The van der Waals surface area contributed by atoms with Gasteiger partial charge in [0.2, 0.25) is 5.91 Å². The highest BCUT2D eigenvalue weighted by Crippen LogP contribution is 2.24. The fraction of sp³-hybridized carbons (Fsp3) is 0.500. The first-order valence-corrected chi connectivity index (χ1v) is 7.62. The average Bonchev–Trinajstić information content (AvgIpc) is 2.73. The van der Waals surface area contributed by atoms with Gasteiger partial charge in [0.1, 0.15) is 11.9 Å². The van der Waals surface area contributed by atoms with Crippen LogP contribution in [-0.2, 0) is 10.7 Å². The zero-order valence-electron chi connectivity index (χ0n) is 13.2. The number of benzene rings is 1. The molecule has 1 aromatic heterocycles. The maximum Gasteiger partial charge on any atom is 0.243 e. The molecule has 0 radical (unpaired) electrons. The summed E-state index contributed by atoms with van der Waals surface area (Å²) in [6, 6.07) is 5.66. The molecule has 1 aromatic carbocycles. The van der Waals surface area contributed by atoms with Gasteiger partial charge in [-0.3, -0.25) is 4.79 Å². The van der Waals surface area contributed by atoms with Crippen LogP contribution in [0.3, 0.4) is 0 Å². The van der Waals surface area contributed by atoms with Crippen molar-refractivity contribution in [2.75, 3.05) is 0 Å². The second-order valence-electron chi connectivity index (χ2n) is 6.44. The van der Waals surface area contributed by atoms with Crippen molar-refractivity contribution in [2.24, 2.45) is 0 Å². The lowest BCUT2D eigenvalue weighted by Gasteiger charge is -2.24. The number of aromatic nitrogens is 2. The zero-order valence-corrected chi connectivity index (χ0v) is 14.0. The van der Waals surface area contributed by atoms with Crippen molar-refractivity contribution in [3.05, 3.63) is 29.6 Å². The van der Waals surface area contributed by atoms with Crippen molar-refractivity contribution in [3.63, 3.8) is 0 Å². The highest BCUT2D eigenvalue weighted by atomic mass is 35.5. The second kappa shape index (κ2) is 5.68. The summed E-state index contributed by atoms with van der Waals surface area (Å²) >= 11 is 6.01. The van der Waals surface area contributed by atoms with Crippen LogP contribution in [0.15, 0.2) is 18.2 Å². The van der Waals surface area contributed by atoms with E-state index in [1.165, 1.54) is 0 Å². The maximum absolute atomic E-state index is 12.5. The lowest BCUT2D eigenvalue weighted by molar-refractivity contribution is -0.125. The molecule has 1 heterocycles. The van der Waals surface area contributed by atoms with Gasteiger partial charge in [-0.25, -0.2) is 4.98 Å². The molecule has 1 atom stereocenters. The molecule has 2 rings (SSSR count). The number of imidazole rings is 1. The summed E-state index contributed by atoms with van der Waals surface area (Å²) < 4.78 is 1.93. The van der Waals surface area contributed by atoms with Gasteiger partial charge in [-0.05, 0) is 52.3 Å². The number of carbonyl (C=O) groups is 1. The molecule has 0 aliphatic carbocycles. The summed E-state index contributed by atoms with van der Waals surface area (Å²) in [4.78, 5) is 17.0. The molecule has 0 bridgehead atoms. The van der Waals surface area contributed by atoms with Crippen molar-refractivity contribution in [1.82, 2.24) is 14.9 Å². The van der Waals surface area contributed by atoms with E-state index < -0.39 is 0 Å². The number of hydrogen-bond acceptors (Lipinski definition) is 2. The Kier molecular flexibility index (Phi) is 4.28. The molecule has 0 aliphatic rings. The summed E-state index contributed by atoms with van der Waals surface area (Å²) in [5.74, 6) is 0.962. The topological polar surface area (TPSA) is 46.9 Å². The number of aryl methyl sites for hydroxylation is 1. The quantitative estimate of drug-likeness (QED) is 0.881. The number of fused-ring (bicyclic) bond motifs is 1. The molecule has 1 N–H and O–H groups in total. The molecule has 2 aromatic rings. The Morgan fingerprint density at radius 2 is 2.10 bits per heavy atom. The number of amides is 1. The van der Waals surface area contributed by atoms with Gasteiger partial charge in [0.15, 0.2) is 0 Å². The molecule has 5 heteroatoms. The maximum atomic E-state index is 12.5. The summed E-state index contributed by atoms with van der Waals surface area (Å²) in [5.41, 5.74) is 2.68. The number of alkyl halides is 1. The average molecular weight is 308 g/mol. The summed E-state index contributed by atoms with van der Waals surface area (Å²) in [5, 5.41) is 3.01. The third-order valence-electron chi connectivity index (χ3n) is 3.30. The molecule has 0 saturated heterocycles. The van der Waals surface area contributed by atoms with E-state index in [0.717, 1.165) is 16.6 Å². The van der Waals surface area contributed by atoms with Gasteiger partial charge in [-0.1, -0.05) is 6.07 Å². The fourth-order valence-electron chi connectivity index (χ4n) is 2.37. The predicted molar refractivity (Wildman–Crippen MR) is 86.6 cm³/mol. The Balaban J connectivity index is 2.48. The predicted octanol–water partition coefficient (Wildman–Crippen LogP) is 3.56. The Bertz CT molecular complexity index is 670. The SMILES string of the molecule is Cc1ccc2nc(CCl)n(C(C)C(=O)NC(C)(C)C)c2c1. The van der Waals surface area contributed by atoms with Crippen LogP contribution < -0.4 is 5.32 Å². The minimum absolute atomic E-state index is 0.0327. The normalized spacial score (nSPS) is 13.4. The first-order chi connectivity index (χ1) is 9.73. The van der Waals surface area contributed by atoms with E-state index >= 15 is 0 Å². The van der Waals surface area contributed by atoms with Gasteiger partial charge in [0.25, 0.3) is 0 Å². The molecular weight excluding hydrogens is 286 g/mol. The van der Waals surface area contributed by atoms with Crippen molar-refractivity contribution in [2.45, 2.75) is 52.1 Å². The molecule has 1 amide bonds. The smallest absolute Gasteiger partial charge is 0.243 e. The zero-order chi connectivity index (χ0) is 15.8. The minimum atomic E-state index is -0.357. The number of halogens is 1. The Morgan fingerprint density at radius 3 is 2.67 bits per heavy atom. The summed E-state index contributed by atoms with van der Waals surface area (Å²) in [6.45, 7) is 9.81. The van der Waals surface area contributed by atoms with Crippen LogP contribution in [0.4, 0.5) is 0 Å². The number of nitrogens with zero attached hydrogens (tertiary/aromatic N) is 2. The van der Waals surface area contributed by atoms with Crippen LogP contribution in [0.1, 0.15) is 45.1 Å². The van der Waals surface area contributed by atoms with Gasteiger partial charge in [0, 0.05) is 5.54 Å². The van der Waals surface area contributed by atoms with E-state index in [1.54, 1.807) is 0 Å². The van der Waals surface area contributed by atoms with Crippen LogP contribution in [0, 0.1) is 6.92 Å². The molecule has 114 valence electrons. The Hall–Kier alpha value is -1.55. The van der Waals surface area contributed by atoms with Crippen LogP contribution in [0.5, 0.6) is 0 Å². The second-order valence-corrected chi connectivity index (χ2v) is 6.71. The highest BCUT2D eigenvalue weighted by Gasteiger charge is 2.24. The van der Waals surface area contributed by atoms with E-state index in [4.69, 9.17) is 11.6 Å². The first kappa shape index (κ1) is 15.8. The minimum Gasteiger partial charge on any atom is -0.350 e. The molecule has 21 heavy (non-hydrogen) atoms. The number of nitrogens with one attached hydrogen (secondary N) is 1. The van der Waals surface area contributed by atoms with E-state index in [2.05, 4.69) is 10.3 Å². The van der Waals surface area contributed by atoms with Crippen molar-refractivity contribution < 1.29 is 4.79 Å². The van der Waals surface area contributed by atoms with Gasteiger partial charge >= 0.3 is 0 Å².